The highest BCUT2D eigenvalue weighted by atomic mass is 16.4. The van der Waals surface area contributed by atoms with Crippen LogP contribution in [0.5, 0.6) is 0 Å². The molecule has 0 spiro atoms. The van der Waals surface area contributed by atoms with Crippen molar-refractivity contribution in [2.24, 2.45) is 0 Å². The van der Waals surface area contributed by atoms with E-state index in [4.69, 9.17) is 5.11 Å². The van der Waals surface area contributed by atoms with Gasteiger partial charge in [-0.05, 0) is 33.1 Å². The summed E-state index contributed by atoms with van der Waals surface area (Å²) in [5.74, 6) is -0.846. The van der Waals surface area contributed by atoms with Gasteiger partial charge in [0.25, 0.3) is 0 Å². The second-order valence-corrected chi connectivity index (χ2v) is 5.39. The summed E-state index contributed by atoms with van der Waals surface area (Å²) in [6, 6.07) is -0.257. The number of piperidine rings is 1. The van der Waals surface area contributed by atoms with Crippen molar-refractivity contribution in [3.8, 4) is 0 Å². The number of nitrogens with zero attached hydrogens (tertiary/aromatic N) is 1. The summed E-state index contributed by atoms with van der Waals surface area (Å²) >= 11 is 0. The number of amides is 2. The van der Waals surface area contributed by atoms with Crippen LogP contribution in [0.2, 0.25) is 0 Å². The molecule has 1 aliphatic heterocycles. The number of hydrogen-bond donors (Lipinski definition) is 3. The highest BCUT2D eigenvalue weighted by molar-refractivity contribution is 5.74. The van der Waals surface area contributed by atoms with E-state index in [-0.39, 0.29) is 12.5 Å². The molecule has 0 atom stereocenters. The average Bonchev–Trinajstić information content (AvgIpc) is 2.27. The number of hydrogen-bond acceptors (Lipinski definition) is 3. The Kier molecular flexibility index (Phi) is 5.40. The Morgan fingerprint density at radius 1 is 1.22 bits per heavy atom. The van der Waals surface area contributed by atoms with Crippen LogP contribution < -0.4 is 10.7 Å². The predicted molar refractivity (Wildman–Crippen MR) is 68.0 cm³/mol. The van der Waals surface area contributed by atoms with Crippen molar-refractivity contribution in [2.45, 2.75) is 51.5 Å². The van der Waals surface area contributed by atoms with E-state index in [0.29, 0.717) is 6.42 Å². The van der Waals surface area contributed by atoms with E-state index < -0.39 is 11.5 Å². The summed E-state index contributed by atoms with van der Waals surface area (Å²) in [7, 11) is 0. The van der Waals surface area contributed by atoms with Crippen LogP contribution in [0.3, 0.4) is 0 Å². The van der Waals surface area contributed by atoms with Gasteiger partial charge in [-0.25, -0.2) is 9.80 Å². The van der Waals surface area contributed by atoms with Gasteiger partial charge in [-0.15, -0.1) is 0 Å². The molecule has 0 aromatic heterocycles. The summed E-state index contributed by atoms with van der Waals surface area (Å²) in [6.45, 7) is 5.41. The third kappa shape index (κ3) is 5.86. The van der Waals surface area contributed by atoms with Gasteiger partial charge in [0, 0.05) is 25.0 Å². The highest BCUT2D eigenvalue weighted by Crippen LogP contribution is 2.11. The van der Waals surface area contributed by atoms with Gasteiger partial charge >= 0.3 is 12.0 Å². The number of carboxylic acid groups (broad SMARTS) is 1. The lowest BCUT2D eigenvalue weighted by Gasteiger charge is -2.30. The molecule has 1 aliphatic rings. The number of aliphatic carboxylic acids is 1. The van der Waals surface area contributed by atoms with E-state index >= 15 is 0 Å². The molecule has 0 aromatic carbocycles. The van der Waals surface area contributed by atoms with Crippen molar-refractivity contribution in [1.82, 2.24) is 15.8 Å². The Balaban J connectivity index is 2.30. The van der Waals surface area contributed by atoms with Gasteiger partial charge in [-0.1, -0.05) is 6.42 Å². The Labute approximate surface area is 108 Å². The van der Waals surface area contributed by atoms with Gasteiger partial charge in [0.15, 0.2) is 0 Å². The second-order valence-electron chi connectivity index (χ2n) is 5.39. The van der Waals surface area contributed by atoms with Crippen LogP contribution in [0.15, 0.2) is 0 Å². The number of carbonyl (C=O) groups excluding carboxylic acids is 1. The minimum absolute atomic E-state index is 0.0526. The standard InChI is InChI=1S/C12H23N3O3/c1-12(2,7-6-10(16)17)13-11(18)14-15-8-4-3-5-9-15/h3-9H2,1-2H3,(H,16,17)(H2,13,14,18). The average molecular weight is 257 g/mol. The Bertz CT molecular complexity index is 299. The molecular weight excluding hydrogens is 234 g/mol. The maximum Gasteiger partial charge on any atom is 0.329 e. The van der Waals surface area contributed by atoms with E-state index in [1.54, 1.807) is 0 Å². The van der Waals surface area contributed by atoms with Gasteiger partial charge in [-0.3, -0.25) is 10.2 Å². The van der Waals surface area contributed by atoms with Crippen molar-refractivity contribution in [3.05, 3.63) is 0 Å². The number of nitrogens with one attached hydrogen (secondary N) is 2. The fourth-order valence-electron chi connectivity index (χ4n) is 1.97. The molecule has 0 unspecified atom stereocenters. The van der Waals surface area contributed by atoms with E-state index in [9.17, 15) is 9.59 Å². The molecule has 1 heterocycles. The van der Waals surface area contributed by atoms with E-state index in [1.165, 1.54) is 6.42 Å². The molecule has 6 nitrogen and oxygen atoms in total. The topological polar surface area (TPSA) is 81.7 Å². The molecule has 0 saturated carbocycles. The minimum Gasteiger partial charge on any atom is -0.481 e. The summed E-state index contributed by atoms with van der Waals surface area (Å²) < 4.78 is 0. The molecular formula is C12H23N3O3. The fourth-order valence-corrected chi connectivity index (χ4v) is 1.97. The first-order valence-corrected chi connectivity index (χ1v) is 6.45. The van der Waals surface area contributed by atoms with Gasteiger partial charge in [0.1, 0.15) is 0 Å². The summed E-state index contributed by atoms with van der Waals surface area (Å²) in [5, 5.41) is 13.3. The molecule has 0 radical (unpaired) electrons. The lowest BCUT2D eigenvalue weighted by atomic mass is 9.99. The normalized spacial score (nSPS) is 17.2. The number of carboxylic acids is 1. The predicted octanol–water partition coefficient (Wildman–Crippen LogP) is 1.33. The summed E-state index contributed by atoms with van der Waals surface area (Å²) in [5.41, 5.74) is 2.28. The van der Waals surface area contributed by atoms with Gasteiger partial charge in [-0.2, -0.15) is 0 Å². The lowest BCUT2D eigenvalue weighted by molar-refractivity contribution is -0.137. The molecule has 0 aliphatic carbocycles. The summed E-state index contributed by atoms with van der Waals surface area (Å²) in [6.07, 6.45) is 3.88. The van der Waals surface area contributed by atoms with Crippen LogP contribution in [0.1, 0.15) is 46.0 Å². The van der Waals surface area contributed by atoms with Gasteiger partial charge in [0.05, 0.1) is 0 Å². The first-order valence-electron chi connectivity index (χ1n) is 6.45. The third-order valence-electron chi connectivity index (χ3n) is 3.03. The van der Waals surface area contributed by atoms with E-state index in [1.807, 2.05) is 18.9 Å². The molecule has 6 heteroatoms. The molecule has 3 N–H and O–H groups in total. The van der Waals surface area contributed by atoms with E-state index in [2.05, 4.69) is 10.7 Å². The zero-order valence-electron chi connectivity index (χ0n) is 11.2. The van der Waals surface area contributed by atoms with Crippen LogP contribution in [0.25, 0.3) is 0 Å². The number of urea groups is 1. The first-order chi connectivity index (χ1) is 8.39. The zero-order valence-corrected chi connectivity index (χ0v) is 11.2. The van der Waals surface area contributed by atoms with Crippen molar-refractivity contribution in [2.75, 3.05) is 13.1 Å². The van der Waals surface area contributed by atoms with Crippen LogP contribution >= 0.6 is 0 Å². The maximum atomic E-state index is 11.8. The van der Waals surface area contributed by atoms with Crippen LogP contribution in [0, 0.1) is 0 Å². The molecule has 1 rings (SSSR count). The van der Waals surface area contributed by atoms with Crippen LogP contribution in [-0.2, 0) is 4.79 Å². The Morgan fingerprint density at radius 3 is 2.39 bits per heavy atom. The Morgan fingerprint density at radius 2 is 1.83 bits per heavy atom. The van der Waals surface area contributed by atoms with Crippen molar-refractivity contribution in [3.63, 3.8) is 0 Å². The molecule has 104 valence electrons. The SMILES string of the molecule is CC(C)(CCC(=O)O)NC(=O)NN1CCCCC1. The second kappa shape index (κ2) is 6.58. The molecule has 2 amide bonds. The third-order valence-corrected chi connectivity index (χ3v) is 3.03. The largest absolute Gasteiger partial charge is 0.481 e. The quantitative estimate of drug-likeness (QED) is 0.694. The summed E-state index contributed by atoms with van der Waals surface area (Å²) in [4.78, 5) is 22.3. The molecule has 0 aromatic rings. The fraction of sp³-hybridized carbons (Fsp3) is 0.833. The van der Waals surface area contributed by atoms with Gasteiger partial charge in [0.2, 0.25) is 0 Å². The molecule has 1 saturated heterocycles. The Hall–Kier alpha value is -1.30. The van der Waals surface area contributed by atoms with Gasteiger partial charge < -0.3 is 10.4 Å². The highest BCUT2D eigenvalue weighted by Gasteiger charge is 2.22. The van der Waals surface area contributed by atoms with Crippen molar-refractivity contribution in [1.29, 1.82) is 0 Å². The van der Waals surface area contributed by atoms with E-state index in [0.717, 1.165) is 25.9 Å². The molecule has 18 heavy (non-hydrogen) atoms. The smallest absolute Gasteiger partial charge is 0.329 e. The molecule has 1 fully saturated rings. The lowest BCUT2D eigenvalue weighted by Crippen LogP contribution is -2.54. The molecule has 0 bridgehead atoms. The monoisotopic (exact) mass is 257 g/mol. The zero-order chi connectivity index (χ0) is 13.6. The van der Waals surface area contributed by atoms with Crippen LogP contribution in [0.4, 0.5) is 4.79 Å². The van der Waals surface area contributed by atoms with Crippen LogP contribution in [-0.4, -0.2) is 40.7 Å². The number of rotatable bonds is 5. The number of carbonyl (C=O) groups is 2. The first kappa shape index (κ1) is 14.8. The van der Waals surface area contributed by atoms with Crippen molar-refractivity contribution >= 4 is 12.0 Å². The number of hydrazine groups is 1. The van der Waals surface area contributed by atoms with Crippen molar-refractivity contribution < 1.29 is 14.7 Å². The minimum atomic E-state index is -0.846. The maximum absolute atomic E-state index is 11.8.